The molecular weight excluding hydrogens is 471 g/mol. The fourth-order valence-corrected chi connectivity index (χ4v) is 8.52. The lowest BCUT2D eigenvalue weighted by atomic mass is 9.94. The van der Waals surface area contributed by atoms with Crippen molar-refractivity contribution in [2.24, 2.45) is 0 Å². The molecule has 2 heterocycles. The zero-order valence-corrected chi connectivity index (χ0v) is 23.7. The molecule has 0 N–H and O–H groups in total. The van der Waals surface area contributed by atoms with Crippen LogP contribution in [0, 0.1) is 20.8 Å². The molecule has 1 nitrogen and oxygen atoms in total. The van der Waals surface area contributed by atoms with Crippen molar-refractivity contribution in [1.82, 2.24) is 4.98 Å². The number of rotatable bonds is 3. The summed E-state index contributed by atoms with van der Waals surface area (Å²) in [5, 5.41) is 6.83. The van der Waals surface area contributed by atoms with Crippen molar-refractivity contribution in [3.63, 3.8) is 0 Å². The van der Waals surface area contributed by atoms with Gasteiger partial charge in [-0.2, -0.15) is 0 Å². The second kappa shape index (κ2) is 8.40. The molecule has 3 heteroatoms. The summed E-state index contributed by atoms with van der Waals surface area (Å²) in [5.74, 6) is 0. The predicted octanol–water partition coefficient (Wildman–Crippen LogP) is 9.41. The van der Waals surface area contributed by atoms with Gasteiger partial charge in [0.25, 0.3) is 0 Å². The fraction of sp³-hybridized carbons (Fsp3) is 0.182. The molecule has 0 amide bonds. The summed E-state index contributed by atoms with van der Waals surface area (Å²) in [6.45, 7) is 14.0. The Morgan fingerprint density at radius 2 is 1.44 bits per heavy atom. The van der Waals surface area contributed by atoms with Gasteiger partial charge in [-0.1, -0.05) is 91.1 Å². The average molecular weight is 502 g/mol. The topological polar surface area (TPSA) is 12.9 Å². The highest BCUT2D eigenvalue weighted by molar-refractivity contribution is 7.26. The van der Waals surface area contributed by atoms with Gasteiger partial charge in [-0.05, 0) is 65.9 Å². The van der Waals surface area contributed by atoms with Crippen LogP contribution >= 0.6 is 11.3 Å². The minimum Gasteiger partial charge on any atom is -0.255 e. The molecule has 0 aliphatic rings. The molecule has 0 saturated heterocycles. The highest BCUT2D eigenvalue weighted by Crippen LogP contribution is 2.43. The second-order valence-corrected chi connectivity index (χ2v) is 17.1. The molecule has 178 valence electrons. The van der Waals surface area contributed by atoms with E-state index in [4.69, 9.17) is 4.98 Å². The molecule has 0 aliphatic carbocycles. The van der Waals surface area contributed by atoms with Crippen LogP contribution in [0.4, 0.5) is 0 Å². The SMILES string of the molecule is Cc1ccc(-c2ccc3c(sc4c(-c5cc([Si](C)(C)C)c6ccccc6c5)nccc43)c2C)c(C)c1. The monoisotopic (exact) mass is 501 g/mol. The zero-order chi connectivity index (χ0) is 25.2. The minimum absolute atomic E-state index is 1.10. The van der Waals surface area contributed by atoms with Crippen molar-refractivity contribution in [2.45, 2.75) is 40.4 Å². The molecule has 0 aliphatic heterocycles. The first-order chi connectivity index (χ1) is 17.2. The van der Waals surface area contributed by atoms with Crippen LogP contribution in [0.3, 0.4) is 0 Å². The first kappa shape index (κ1) is 23.1. The number of hydrogen-bond acceptors (Lipinski definition) is 2. The lowest BCUT2D eigenvalue weighted by molar-refractivity contribution is 1.37. The van der Waals surface area contributed by atoms with Crippen molar-refractivity contribution < 1.29 is 0 Å². The van der Waals surface area contributed by atoms with Gasteiger partial charge in [0, 0.05) is 27.2 Å². The Kier molecular flexibility index (Phi) is 5.40. The zero-order valence-electron chi connectivity index (χ0n) is 21.9. The Hall–Kier alpha value is -3.27. The largest absolute Gasteiger partial charge is 0.255 e. The number of thiophene rings is 1. The van der Waals surface area contributed by atoms with Gasteiger partial charge in [0.15, 0.2) is 0 Å². The summed E-state index contributed by atoms with van der Waals surface area (Å²) in [5.41, 5.74) is 8.98. The first-order valence-electron chi connectivity index (χ1n) is 12.6. The Morgan fingerprint density at radius 1 is 0.694 bits per heavy atom. The van der Waals surface area contributed by atoms with Gasteiger partial charge in [-0.25, -0.2) is 0 Å². The van der Waals surface area contributed by atoms with E-state index in [1.165, 1.54) is 69.5 Å². The highest BCUT2D eigenvalue weighted by atomic mass is 32.1. The van der Waals surface area contributed by atoms with Crippen molar-refractivity contribution >= 4 is 55.5 Å². The number of hydrogen-bond donors (Lipinski definition) is 0. The van der Waals surface area contributed by atoms with Gasteiger partial charge in [0.1, 0.15) is 0 Å². The molecule has 0 fully saturated rings. The van der Waals surface area contributed by atoms with E-state index in [1.54, 1.807) is 0 Å². The Morgan fingerprint density at radius 3 is 2.22 bits per heavy atom. The molecule has 0 saturated carbocycles. The van der Waals surface area contributed by atoms with Crippen molar-refractivity contribution in [3.8, 4) is 22.4 Å². The van der Waals surface area contributed by atoms with Gasteiger partial charge < -0.3 is 0 Å². The van der Waals surface area contributed by atoms with Crippen molar-refractivity contribution in [1.29, 1.82) is 0 Å². The molecule has 6 rings (SSSR count). The van der Waals surface area contributed by atoms with Crippen molar-refractivity contribution in [2.75, 3.05) is 0 Å². The molecule has 0 spiro atoms. The van der Waals surface area contributed by atoms with E-state index in [9.17, 15) is 0 Å². The standard InChI is InChI=1S/C33H31NSSi/c1-20-11-12-25(21(2)17-20)26-13-14-28-29-15-16-34-31(33(29)35-32(28)22(26)3)24-18-23-9-7-8-10-27(23)30(19-24)36(4,5)6/h7-19H,1-6H3. The maximum absolute atomic E-state index is 4.96. The van der Waals surface area contributed by atoms with E-state index in [0.29, 0.717) is 0 Å². The number of fused-ring (bicyclic) bond motifs is 4. The van der Waals surface area contributed by atoms with Crippen LogP contribution in [0.15, 0.2) is 79.0 Å². The molecule has 0 radical (unpaired) electrons. The molecule has 6 aromatic rings. The Balaban J connectivity index is 1.61. The summed E-state index contributed by atoms with van der Waals surface area (Å²) < 4.78 is 2.65. The molecule has 0 bridgehead atoms. The molecule has 0 atom stereocenters. The van der Waals surface area contributed by atoms with Crippen LogP contribution in [0.5, 0.6) is 0 Å². The summed E-state index contributed by atoms with van der Waals surface area (Å²) in [7, 11) is -1.55. The van der Waals surface area contributed by atoms with Gasteiger partial charge in [0.2, 0.25) is 0 Å². The van der Waals surface area contributed by atoms with Crippen LogP contribution in [-0.4, -0.2) is 13.1 Å². The van der Waals surface area contributed by atoms with Gasteiger partial charge in [0.05, 0.1) is 18.5 Å². The third-order valence-electron chi connectivity index (χ3n) is 7.42. The first-order valence-corrected chi connectivity index (χ1v) is 17.0. The maximum atomic E-state index is 4.96. The van der Waals surface area contributed by atoms with E-state index >= 15 is 0 Å². The molecule has 4 aromatic carbocycles. The van der Waals surface area contributed by atoms with Crippen LogP contribution in [0.25, 0.3) is 53.3 Å². The number of aryl methyl sites for hydroxylation is 3. The number of pyridine rings is 1. The quantitative estimate of drug-likeness (QED) is 0.220. The smallest absolute Gasteiger partial charge is 0.0880 e. The summed E-state index contributed by atoms with van der Waals surface area (Å²) in [6.07, 6.45) is 1.99. The van der Waals surface area contributed by atoms with Crippen molar-refractivity contribution in [3.05, 3.63) is 95.7 Å². The van der Waals surface area contributed by atoms with E-state index in [1.807, 2.05) is 17.5 Å². The number of aromatic nitrogens is 1. The third-order valence-corrected chi connectivity index (χ3v) is 10.8. The predicted molar refractivity (Wildman–Crippen MR) is 163 cm³/mol. The Labute approximate surface area is 218 Å². The lowest BCUT2D eigenvalue weighted by Gasteiger charge is -2.21. The van der Waals surface area contributed by atoms with Gasteiger partial charge in [-0.15, -0.1) is 11.3 Å². The summed E-state index contributed by atoms with van der Waals surface area (Å²) >= 11 is 1.90. The van der Waals surface area contributed by atoms with E-state index in [0.717, 1.165) is 5.69 Å². The average Bonchev–Trinajstić information content (AvgIpc) is 3.23. The molecule has 36 heavy (non-hydrogen) atoms. The van der Waals surface area contributed by atoms with Gasteiger partial charge >= 0.3 is 0 Å². The highest BCUT2D eigenvalue weighted by Gasteiger charge is 2.22. The fourth-order valence-electron chi connectivity index (χ4n) is 5.58. The maximum Gasteiger partial charge on any atom is 0.0880 e. The molecular formula is C33H31NSSi. The summed E-state index contributed by atoms with van der Waals surface area (Å²) in [4.78, 5) is 4.96. The third kappa shape index (κ3) is 3.69. The van der Waals surface area contributed by atoms with Crippen LogP contribution in [0.1, 0.15) is 16.7 Å². The lowest BCUT2D eigenvalue weighted by Crippen LogP contribution is -2.38. The van der Waals surface area contributed by atoms with E-state index in [2.05, 4.69) is 113 Å². The second-order valence-electron chi connectivity index (χ2n) is 11.1. The van der Waals surface area contributed by atoms with E-state index < -0.39 is 8.07 Å². The van der Waals surface area contributed by atoms with Crippen LogP contribution in [0.2, 0.25) is 19.6 Å². The normalized spacial score (nSPS) is 12.2. The van der Waals surface area contributed by atoms with E-state index in [-0.39, 0.29) is 0 Å². The van der Waals surface area contributed by atoms with Gasteiger partial charge in [-0.3, -0.25) is 4.98 Å². The molecule has 2 aromatic heterocycles. The molecule has 0 unspecified atom stereocenters. The van der Waals surface area contributed by atoms with Crippen LogP contribution < -0.4 is 5.19 Å². The Bertz CT molecular complexity index is 1800. The minimum atomic E-state index is -1.55. The van der Waals surface area contributed by atoms with Crippen LogP contribution in [-0.2, 0) is 0 Å². The number of benzene rings is 4. The summed E-state index contributed by atoms with van der Waals surface area (Å²) in [6, 6.07) is 27.2. The number of nitrogens with zero attached hydrogens (tertiary/aromatic N) is 1.